The van der Waals surface area contributed by atoms with Gasteiger partial charge in [-0.1, -0.05) is 71.2 Å². The number of hydrogen-bond acceptors (Lipinski definition) is 4. The molecule has 0 bridgehead atoms. The third kappa shape index (κ3) is 14.3. The lowest BCUT2D eigenvalue weighted by Crippen LogP contribution is -1.98. The Bertz CT molecular complexity index is 259. The zero-order valence-corrected chi connectivity index (χ0v) is 17.0. The highest BCUT2D eigenvalue weighted by Crippen LogP contribution is 2.61. The minimum Gasteiger partial charge on any atom is -0.322 e. The lowest BCUT2D eigenvalue weighted by Gasteiger charge is -2.21. The van der Waals surface area contributed by atoms with Gasteiger partial charge in [-0.3, -0.25) is 0 Å². The molecule has 0 N–H and O–H groups in total. The largest absolute Gasteiger partial charge is 0.322 e. The van der Waals surface area contributed by atoms with Crippen LogP contribution < -0.4 is 0 Å². The van der Waals surface area contributed by atoms with Crippen molar-refractivity contribution >= 4 is 28.9 Å². The fourth-order valence-corrected chi connectivity index (χ4v) is 6.32. The molecule has 0 heterocycles. The van der Waals surface area contributed by atoms with Crippen molar-refractivity contribution in [3.8, 4) is 0 Å². The summed E-state index contributed by atoms with van der Waals surface area (Å²) in [6.07, 6.45) is 9.62. The molecule has 0 spiro atoms. The van der Waals surface area contributed by atoms with E-state index in [-0.39, 0.29) is 0 Å². The summed E-state index contributed by atoms with van der Waals surface area (Å²) < 4.78 is 11.9. The Morgan fingerprint density at radius 3 is 1.95 bits per heavy atom. The first-order chi connectivity index (χ1) is 10.0. The summed E-state index contributed by atoms with van der Waals surface area (Å²) in [4.78, 5) is 0. The van der Waals surface area contributed by atoms with E-state index < -0.39 is 5.69 Å². The second kappa shape index (κ2) is 14.5. The van der Waals surface area contributed by atoms with E-state index in [2.05, 4.69) is 27.7 Å². The predicted molar refractivity (Wildman–Crippen MR) is 102 cm³/mol. The molecular formula is C16H35O2PS2. The molecule has 0 saturated carbocycles. The van der Waals surface area contributed by atoms with E-state index in [0.29, 0.717) is 0 Å². The van der Waals surface area contributed by atoms with Gasteiger partial charge in [0.05, 0.1) is 13.2 Å². The van der Waals surface area contributed by atoms with Crippen LogP contribution >= 0.6 is 17.1 Å². The van der Waals surface area contributed by atoms with Crippen molar-refractivity contribution < 1.29 is 9.05 Å². The molecule has 21 heavy (non-hydrogen) atoms. The van der Waals surface area contributed by atoms with Gasteiger partial charge < -0.3 is 9.05 Å². The standard InChI is InChI=1S/C16H35O2PS2/c1-5-7-13-17-19(20,18-14-8-6-2)21-15-11-9-10-12-16(3)4/h16H,5-15H2,1-4H3. The molecule has 0 aliphatic carbocycles. The van der Waals surface area contributed by atoms with Crippen molar-refractivity contribution in [2.24, 2.45) is 5.92 Å². The van der Waals surface area contributed by atoms with Gasteiger partial charge in [-0.2, -0.15) is 0 Å². The Kier molecular flexibility index (Phi) is 15.1. The molecule has 2 nitrogen and oxygen atoms in total. The predicted octanol–water partition coefficient (Wildman–Crippen LogP) is 6.79. The molecule has 0 radical (unpaired) electrons. The lowest BCUT2D eigenvalue weighted by molar-refractivity contribution is 0.253. The van der Waals surface area contributed by atoms with Gasteiger partial charge >= 0.3 is 0 Å². The lowest BCUT2D eigenvalue weighted by atomic mass is 10.1. The summed E-state index contributed by atoms with van der Waals surface area (Å²) in [5.41, 5.74) is -2.10. The molecule has 0 aliphatic rings. The van der Waals surface area contributed by atoms with E-state index in [9.17, 15) is 0 Å². The van der Waals surface area contributed by atoms with Crippen molar-refractivity contribution in [3.63, 3.8) is 0 Å². The molecule has 0 amide bonds. The highest BCUT2D eigenvalue weighted by atomic mass is 32.9. The van der Waals surface area contributed by atoms with Crippen LogP contribution in [0.25, 0.3) is 0 Å². The number of unbranched alkanes of at least 4 members (excludes halogenated alkanes) is 4. The summed E-state index contributed by atoms with van der Waals surface area (Å²) in [6, 6.07) is 0. The van der Waals surface area contributed by atoms with Crippen molar-refractivity contribution in [2.45, 2.75) is 79.1 Å². The van der Waals surface area contributed by atoms with E-state index >= 15 is 0 Å². The highest BCUT2D eigenvalue weighted by molar-refractivity contribution is 8.67. The Morgan fingerprint density at radius 1 is 0.905 bits per heavy atom. The third-order valence-corrected chi connectivity index (χ3v) is 8.66. The van der Waals surface area contributed by atoms with Gasteiger partial charge in [0.2, 0.25) is 5.69 Å². The molecule has 0 atom stereocenters. The summed E-state index contributed by atoms with van der Waals surface area (Å²) in [7, 11) is 0. The van der Waals surface area contributed by atoms with Crippen molar-refractivity contribution in [3.05, 3.63) is 0 Å². The maximum Gasteiger partial charge on any atom is 0.247 e. The third-order valence-electron chi connectivity index (χ3n) is 3.17. The van der Waals surface area contributed by atoms with Crippen LogP contribution in [-0.4, -0.2) is 19.0 Å². The number of rotatable bonds is 15. The summed E-state index contributed by atoms with van der Waals surface area (Å²) >= 11 is 7.44. The van der Waals surface area contributed by atoms with Gasteiger partial charge in [-0.15, -0.1) is 0 Å². The molecule has 0 aromatic rings. The fourth-order valence-electron chi connectivity index (χ4n) is 1.76. The molecule has 0 aromatic heterocycles. The van der Waals surface area contributed by atoms with Crippen LogP contribution in [0.4, 0.5) is 0 Å². The Balaban J connectivity index is 3.93. The summed E-state index contributed by atoms with van der Waals surface area (Å²) in [5, 5.41) is 0. The van der Waals surface area contributed by atoms with Crippen LogP contribution in [0, 0.1) is 5.92 Å². The van der Waals surface area contributed by atoms with Crippen LogP contribution in [0.15, 0.2) is 0 Å². The van der Waals surface area contributed by atoms with Gasteiger partial charge in [0, 0.05) is 5.75 Å². The maximum absolute atomic E-state index is 5.93. The Morgan fingerprint density at radius 2 is 1.48 bits per heavy atom. The van der Waals surface area contributed by atoms with E-state index in [4.69, 9.17) is 20.9 Å². The molecule has 0 saturated heterocycles. The second-order valence-corrected chi connectivity index (χ2v) is 12.3. The normalized spacial score (nSPS) is 12.2. The van der Waals surface area contributed by atoms with E-state index in [0.717, 1.165) is 50.6 Å². The van der Waals surface area contributed by atoms with Gasteiger partial charge in [-0.05, 0) is 37.0 Å². The maximum atomic E-state index is 5.93. The Labute approximate surface area is 142 Å². The average Bonchev–Trinajstić information content (AvgIpc) is 2.43. The zero-order chi connectivity index (χ0) is 16.0. The first-order valence-corrected chi connectivity index (χ1v) is 12.8. The first-order valence-electron chi connectivity index (χ1n) is 8.57. The highest BCUT2D eigenvalue weighted by Gasteiger charge is 2.19. The van der Waals surface area contributed by atoms with Gasteiger partial charge in [-0.25, -0.2) is 0 Å². The van der Waals surface area contributed by atoms with Crippen LogP contribution in [0.3, 0.4) is 0 Å². The smallest absolute Gasteiger partial charge is 0.247 e. The molecule has 0 aromatic carbocycles. The molecule has 0 fully saturated rings. The summed E-state index contributed by atoms with van der Waals surface area (Å²) in [6.45, 7) is 10.4. The number of hydrogen-bond donors (Lipinski definition) is 0. The van der Waals surface area contributed by atoms with Crippen LogP contribution in [0.5, 0.6) is 0 Å². The van der Waals surface area contributed by atoms with Crippen LogP contribution in [0.2, 0.25) is 0 Å². The van der Waals surface area contributed by atoms with E-state index in [1.165, 1.54) is 25.7 Å². The van der Waals surface area contributed by atoms with Crippen molar-refractivity contribution in [1.29, 1.82) is 0 Å². The molecular weight excluding hydrogens is 319 g/mol. The first kappa shape index (κ1) is 21.9. The quantitative estimate of drug-likeness (QED) is 0.238. The summed E-state index contributed by atoms with van der Waals surface area (Å²) in [5.74, 6) is 1.89. The fraction of sp³-hybridized carbons (Fsp3) is 1.00. The zero-order valence-electron chi connectivity index (χ0n) is 14.4. The second-order valence-electron chi connectivity index (χ2n) is 5.90. The van der Waals surface area contributed by atoms with Gasteiger partial charge in [0.1, 0.15) is 0 Å². The monoisotopic (exact) mass is 354 g/mol. The minimum absolute atomic E-state index is 0.750. The molecule has 0 aliphatic heterocycles. The molecule has 128 valence electrons. The average molecular weight is 355 g/mol. The topological polar surface area (TPSA) is 18.5 Å². The molecule has 0 unspecified atom stereocenters. The van der Waals surface area contributed by atoms with Crippen molar-refractivity contribution in [1.82, 2.24) is 0 Å². The molecule has 5 heteroatoms. The van der Waals surface area contributed by atoms with Crippen LogP contribution in [-0.2, 0) is 20.9 Å². The van der Waals surface area contributed by atoms with Crippen molar-refractivity contribution in [2.75, 3.05) is 19.0 Å². The van der Waals surface area contributed by atoms with Gasteiger partial charge in [0.15, 0.2) is 0 Å². The SMILES string of the molecule is CCCCOP(=S)(OCCCC)SCCCCCC(C)C. The Hall–Kier alpha value is 0.920. The van der Waals surface area contributed by atoms with Gasteiger partial charge in [0.25, 0.3) is 0 Å². The minimum atomic E-state index is -2.10. The van der Waals surface area contributed by atoms with E-state index in [1.54, 1.807) is 11.4 Å². The molecule has 0 rings (SSSR count). The van der Waals surface area contributed by atoms with E-state index in [1.807, 2.05) is 0 Å². The van der Waals surface area contributed by atoms with Crippen LogP contribution in [0.1, 0.15) is 79.1 Å².